The van der Waals surface area contributed by atoms with Gasteiger partial charge in [0.2, 0.25) is 0 Å². The van der Waals surface area contributed by atoms with Crippen molar-refractivity contribution < 1.29 is 28.5 Å². The Morgan fingerprint density at radius 1 is 0.784 bits per heavy atom. The molecule has 0 atom stereocenters. The molecule has 0 aromatic heterocycles. The number of methoxy groups -OCH3 is 2. The van der Waals surface area contributed by atoms with Gasteiger partial charge in [0.15, 0.2) is 23.1 Å². The monoisotopic (exact) mass is 498 g/mol. The van der Waals surface area contributed by atoms with Crippen molar-refractivity contribution in [3.05, 3.63) is 118 Å². The predicted molar refractivity (Wildman–Crippen MR) is 141 cm³/mol. The highest BCUT2D eigenvalue weighted by Gasteiger charge is 2.32. The van der Waals surface area contributed by atoms with E-state index < -0.39 is 0 Å². The van der Waals surface area contributed by atoms with E-state index in [1.54, 1.807) is 25.3 Å². The molecular formula is C31H30O6. The summed E-state index contributed by atoms with van der Waals surface area (Å²) in [4.78, 5) is 27.2. The first-order valence-corrected chi connectivity index (χ1v) is 12.1. The minimum absolute atomic E-state index is 0.164. The highest BCUT2D eigenvalue weighted by Crippen LogP contribution is 2.37. The Bertz CT molecular complexity index is 1320. The number of fused-ring (bicyclic) bond motifs is 1. The van der Waals surface area contributed by atoms with Gasteiger partial charge in [-0.2, -0.15) is 0 Å². The van der Waals surface area contributed by atoms with Crippen molar-refractivity contribution in [2.24, 2.45) is 0 Å². The van der Waals surface area contributed by atoms with Gasteiger partial charge in [-0.15, -0.1) is 0 Å². The third kappa shape index (κ3) is 5.98. The van der Waals surface area contributed by atoms with E-state index >= 15 is 0 Å². The van der Waals surface area contributed by atoms with Crippen LogP contribution in [0.4, 0.5) is 0 Å². The summed E-state index contributed by atoms with van der Waals surface area (Å²) < 4.78 is 22.8. The number of allylic oxidation sites excluding steroid dienone is 3. The Labute approximate surface area is 217 Å². The lowest BCUT2D eigenvalue weighted by atomic mass is 9.82. The average Bonchev–Trinajstić information content (AvgIpc) is 2.94. The molecule has 0 heterocycles. The van der Waals surface area contributed by atoms with Crippen LogP contribution in [0, 0.1) is 0 Å². The molecule has 0 radical (unpaired) electrons. The second-order valence-corrected chi connectivity index (χ2v) is 8.54. The second kappa shape index (κ2) is 12.2. The van der Waals surface area contributed by atoms with Gasteiger partial charge in [-0.1, -0.05) is 67.6 Å². The molecule has 37 heavy (non-hydrogen) atoms. The van der Waals surface area contributed by atoms with Crippen LogP contribution in [0.15, 0.2) is 95.8 Å². The number of hydrogen-bond donors (Lipinski definition) is 0. The van der Waals surface area contributed by atoms with Crippen LogP contribution in [-0.4, -0.2) is 32.4 Å². The lowest BCUT2D eigenvalue weighted by molar-refractivity contribution is 0.0971. The van der Waals surface area contributed by atoms with Crippen molar-refractivity contribution >= 4 is 11.6 Å². The third-order valence-electron chi connectivity index (χ3n) is 6.09. The van der Waals surface area contributed by atoms with Gasteiger partial charge >= 0.3 is 0 Å². The zero-order valence-electron chi connectivity index (χ0n) is 21.3. The summed E-state index contributed by atoms with van der Waals surface area (Å²) in [5.74, 6) is 0.780. The summed E-state index contributed by atoms with van der Waals surface area (Å²) in [6.07, 6.45) is 2.02. The maximum Gasteiger partial charge on any atom is 0.194 e. The maximum absolute atomic E-state index is 13.7. The van der Waals surface area contributed by atoms with Crippen LogP contribution >= 0.6 is 0 Å². The van der Waals surface area contributed by atoms with Gasteiger partial charge in [0, 0.05) is 29.4 Å². The molecule has 6 heteroatoms. The summed E-state index contributed by atoms with van der Waals surface area (Å²) in [5, 5.41) is 0. The highest BCUT2D eigenvalue weighted by atomic mass is 16.5. The predicted octanol–water partition coefficient (Wildman–Crippen LogP) is 6.11. The number of ketones is 2. The lowest BCUT2D eigenvalue weighted by Gasteiger charge is -2.22. The van der Waals surface area contributed by atoms with Crippen LogP contribution in [0.25, 0.3) is 0 Å². The molecule has 0 fully saturated rings. The standard InChI is InChI=1S/C31H30O6/c1-4-24-25(15-23(20-34-2)36-18-21-11-7-5-8-12-21)31(33)26-16-28(35-3)29(17-27(26)30(24)32)37-19-22-13-9-6-10-14-22/h5-17H,4,18-20H2,1-3H3/b23-15+. The molecule has 0 saturated carbocycles. The number of rotatable bonds is 11. The number of carbonyl (C=O) groups excluding carboxylic acids is 2. The molecular weight excluding hydrogens is 468 g/mol. The highest BCUT2D eigenvalue weighted by molar-refractivity contribution is 6.28. The van der Waals surface area contributed by atoms with E-state index in [1.165, 1.54) is 7.11 Å². The van der Waals surface area contributed by atoms with Gasteiger partial charge in [-0.05, 0) is 35.8 Å². The van der Waals surface area contributed by atoms with Crippen molar-refractivity contribution in [1.29, 1.82) is 0 Å². The zero-order valence-corrected chi connectivity index (χ0v) is 21.3. The van der Waals surface area contributed by atoms with E-state index in [0.717, 1.165) is 11.1 Å². The van der Waals surface area contributed by atoms with Gasteiger partial charge in [0.05, 0.1) is 7.11 Å². The van der Waals surface area contributed by atoms with Gasteiger partial charge in [-0.25, -0.2) is 0 Å². The largest absolute Gasteiger partial charge is 0.493 e. The Hall–Kier alpha value is -4.16. The van der Waals surface area contributed by atoms with E-state index in [2.05, 4.69) is 0 Å². The van der Waals surface area contributed by atoms with Gasteiger partial charge in [0.25, 0.3) is 0 Å². The van der Waals surface area contributed by atoms with Crippen LogP contribution < -0.4 is 9.47 Å². The summed E-state index contributed by atoms with van der Waals surface area (Å²) in [6, 6.07) is 22.6. The Morgan fingerprint density at radius 3 is 1.97 bits per heavy atom. The van der Waals surface area contributed by atoms with Crippen molar-refractivity contribution in [2.45, 2.75) is 26.6 Å². The van der Waals surface area contributed by atoms with Crippen molar-refractivity contribution in [3.63, 3.8) is 0 Å². The smallest absolute Gasteiger partial charge is 0.194 e. The molecule has 190 valence electrons. The van der Waals surface area contributed by atoms with Crippen LogP contribution in [0.3, 0.4) is 0 Å². The maximum atomic E-state index is 13.7. The second-order valence-electron chi connectivity index (χ2n) is 8.54. The van der Waals surface area contributed by atoms with Crippen molar-refractivity contribution in [3.8, 4) is 11.5 Å². The molecule has 0 amide bonds. The molecule has 6 nitrogen and oxygen atoms in total. The minimum Gasteiger partial charge on any atom is -0.493 e. The topological polar surface area (TPSA) is 71.1 Å². The number of Topliss-reactive ketones (excluding diaryl/α,β-unsaturated/α-hetero) is 2. The molecule has 0 aliphatic heterocycles. The van der Waals surface area contributed by atoms with E-state index in [9.17, 15) is 9.59 Å². The van der Waals surface area contributed by atoms with E-state index in [4.69, 9.17) is 18.9 Å². The van der Waals surface area contributed by atoms with Gasteiger partial charge < -0.3 is 18.9 Å². The normalized spacial score (nSPS) is 13.4. The summed E-state index contributed by atoms with van der Waals surface area (Å²) in [7, 11) is 3.06. The Kier molecular flexibility index (Phi) is 8.54. The Balaban J connectivity index is 1.66. The number of ether oxygens (including phenoxy) is 4. The summed E-state index contributed by atoms with van der Waals surface area (Å²) >= 11 is 0. The number of benzene rings is 3. The fraction of sp³-hybridized carbons (Fsp3) is 0.226. The fourth-order valence-corrected chi connectivity index (χ4v) is 4.19. The molecule has 0 spiro atoms. The summed E-state index contributed by atoms with van der Waals surface area (Å²) in [6.45, 7) is 2.65. The third-order valence-corrected chi connectivity index (χ3v) is 6.09. The van der Waals surface area contributed by atoms with E-state index in [0.29, 0.717) is 53.6 Å². The summed E-state index contributed by atoms with van der Waals surface area (Å²) in [5.41, 5.74) is 3.28. The van der Waals surface area contributed by atoms with Crippen molar-refractivity contribution in [1.82, 2.24) is 0 Å². The molecule has 1 aliphatic carbocycles. The van der Waals surface area contributed by atoms with Crippen LogP contribution in [0.2, 0.25) is 0 Å². The molecule has 0 saturated heterocycles. The van der Waals surface area contributed by atoms with Crippen molar-refractivity contribution in [2.75, 3.05) is 20.8 Å². The molecule has 1 aliphatic rings. The van der Waals surface area contributed by atoms with Crippen LogP contribution in [0.5, 0.6) is 11.5 Å². The zero-order chi connectivity index (χ0) is 26.2. The van der Waals surface area contributed by atoms with E-state index in [-0.39, 0.29) is 23.7 Å². The van der Waals surface area contributed by atoms with Crippen LogP contribution in [-0.2, 0) is 22.7 Å². The lowest BCUT2D eigenvalue weighted by Crippen LogP contribution is -2.22. The first kappa shape index (κ1) is 25.9. The molecule has 0 N–H and O–H groups in total. The SMILES string of the molecule is CCC1=C(/C=C(\COC)OCc2ccccc2)C(=O)c2cc(OC)c(OCc3ccccc3)cc2C1=O. The number of carbonyl (C=O) groups is 2. The van der Waals surface area contributed by atoms with Gasteiger partial charge in [0.1, 0.15) is 25.6 Å². The first-order chi connectivity index (χ1) is 18.0. The van der Waals surface area contributed by atoms with Crippen LogP contribution in [0.1, 0.15) is 45.2 Å². The molecule has 0 unspecified atom stereocenters. The molecule has 3 aromatic carbocycles. The average molecular weight is 499 g/mol. The quantitative estimate of drug-likeness (QED) is 0.297. The Morgan fingerprint density at radius 2 is 1.38 bits per heavy atom. The molecule has 3 aromatic rings. The molecule has 0 bridgehead atoms. The fourth-order valence-electron chi connectivity index (χ4n) is 4.19. The van der Waals surface area contributed by atoms with E-state index in [1.807, 2.05) is 67.6 Å². The minimum atomic E-state index is -0.267. The number of hydrogen-bond acceptors (Lipinski definition) is 6. The molecule has 4 rings (SSSR count). The first-order valence-electron chi connectivity index (χ1n) is 12.1. The van der Waals surface area contributed by atoms with Gasteiger partial charge in [-0.3, -0.25) is 9.59 Å².